The van der Waals surface area contributed by atoms with Gasteiger partial charge in [-0.2, -0.15) is 0 Å². The van der Waals surface area contributed by atoms with Gasteiger partial charge in [0.05, 0.1) is 12.1 Å². The molecular weight excluding hydrogens is 296 g/mol. The first-order valence-corrected chi connectivity index (χ1v) is 7.60. The quantitative estimate of drug-likeness (QED) is 0.781. The second-order valence-electron chi connectivity index (χ2n) is 5.60. The van der Waals surface area contributed by atoms with Crippen molar-refractivity contribution in [1.29, 1.82) is 0 Å². The van der Waals surface area contributed by atoms with Crippen LogP contribution < -0.4 is 14.5 Å². The van der Waals surface area contributed by atoms with E-state index in [9.17, 15) is 9.59 Å². The van der Waals surface area contributed by atoms with Gasteiger partial charge in [0.15, 0.2) is 6.61 Å². The number of fused-ring (bicyclic) bond motifs is 1. The van der Waals surface area contributed by atoms with Crippen LogP contribution in [0.3, 0.4) is 0 Å². The summed E-state index contributed by atoms with van der Waals surface area (Å²) in [4.78, 5) is 26.5. The van der Waals surface area contributed by atoms with Gasteiger partial charge in [-0.25, -0.2) is 0 Å². The lowest BCUT2D eigenvalue weighted by molar-refractivity contribution is -0.136. The second kappa shape index (κ2) is 7.17. The minimum Gasteiger partial charge on any atom is -0.482 e. The van der Waals surface area contributed by atoms with Gasteiger partial charge >= 0.3 is 5.97 Å². The Bertz CT molecular complexity index is 627. The number of carboxylic acids is 1. The molecular formula is C17H22N2O4. The number of likely N-dealkylation sites (N-methyl/N-ethyl adjacent to an activating group) is 1. The molecule has 1 amide bonds. The summed E-state index contributed by atoms with van der Waals surface area (Å²) in [5, 5.41) is 8.93. The summed E-state index contributed by atoms with van der Waals surface area (Å²) in [6, 6.07) is 5.58. The number of amides is 1. The van der Waals surface area contributed by atoms with Crippen LogP contribution in [-0.2, 0) is 9.59 Å². The van der Waals surface area contributed by atoms with Crippen LogP contribution in [0.5, 0.6) is 5.75 Å². The maximum Gasteiger partial charge on any atom is 0.305 e. The Kier molecular flexibility index (Phi) is 5.26. The van der Waals surface area contributed by atoms with Crippen molar-refractivity contribution in [3.05, 3.63) is 30.4 Å². The van der Waals surface area contributed by atoms with E-state index in [1.54, 1.807) is 4.90 Å². The van der Waals surface area contributed by atoms with Crippen LogP contribution in [0.15, 0.2) is 30.4 Å². The third-order valence-corrected chi connectivity index (χ3v) is 3.62. The van der Waals surface area contributed by atoms with Crippen LogP contribution in [0, 0.1) is 0 Å². The molecule has 2 rings (SSSR count). The van der Waals surface area contributed by atoms with E-state index in [4.69, 9.17) is 9.84 Å². The Balaban J connectivity index is 2.32. The van der Waals surface area contributed by atoms with Gasteiger partial charge in [-0.05, 0) is 32.0 Å². The van der Waals surface area contributed by atoms with Crippen LogP contribution in [0.4, 0.5) is 11.4 Å². The number of anilines is 2. The molecule has 23 heavy (non-hydrogen) atoms. The second-order valence-corrected chi connectivity index (χ2v) is 5.60. The van der Waals surface area contributed by atoms with Crippen LogP contribution in [0.25, 0.3) is 0 Å². The normalized spacial score (nSPS) is 13.3. The zero-order valence-corrected chi connectivity index (χ0v) is 13.5. The average Bonchev–Trinajstić information content (AvgIpc) is 2.50. The van der Waals surface area contributed by atoms with Crippen LogP contribution in [0.1, 0.15) is 20.3 Å². The zero-order chi connectivity index (χ0) is 17.0. The molecule has 6 heteroatoms. The van der Waals surface area contributed by atoms with Crippen molar-refractivity contribution in [2.75, 3.05) is 36.0 Å². The number of aliphatic carboxylic acids is 1. The van der Waals surface area contributed by atoms with E-state index in [1.807, 2.05) is 36.9 Å². The molecule has 0 aromatic heterocycles. The predicted molar refractivity (Wildman–Crippen MR) is 89.2 cm³/mol. The molecule has 6 nitrogen and oxygen atoms in total. The number of carboxylic acid groups (broad SMARTS) is 1. The highest BCUT2D eigenvalue weighted by molar-refractivity contribution is 5.98. The van der Waals surface area contributed by atoms with Gasteiger partial charge in [0.25, 0.3) is 5.91 Å². The van der Waals surface area contributed by atoms with Gasteiger partial charge in [0.1, 0.15) is 5.75 Å². The molecule has 0 radical (unpaired) electrons. The largest absolute Gasteiger partial charge is 0.482 e. The van der Waals surface area contributed by atoms with Gasteiger partial charge < -0.3 is 19.6 Å². The number of carbonyl (C=O) groups is 2. The van der Waals surface area contributed by atoms with Gasteiger partial charge in [0.2, 0.25) is 0 Å². The number of ether oxygens (including phenoxy) is 1. The van der Waals surface area contributed by atoms with Crippen LogP contribution in [-0.4, -0.2) is 43.2 Å². The third-order valence-electron chi connectivity index (χ3n) is 3.62. The number of carbonyl (C=O) groups excluding carboxylic acids is 1. The van der Waals surface area contributed by atoms with Crippen molar-refractivity contribution in [2.45, 2.75) is 20.3 Å². The number of hydrogen-bond acceptors (Lipinski definition) is 4. The van der Waals surface area contributed by atoms with Crippen molar-refractivity contribution in [2.24, 2.45) is 0 Å². The standard InChI is InChI=1S/C17H22N2O4/c1-4-19-14-9-13(5-6-15(14)23-11-16(19)20)18(10-12(2)3)8-7-17(21)22/h5-6,9H,2,4,7-8,10-11H2,1,3H3,(H,21,22). The lowest BCUT2D eigenvalue weighted by Crippen LogP contribution is -2.38. The zero-order valence-electron chi connectivity index (χ0n) is 13.5. The Hall–Kier alpha value is -2.50. The van der Waals surface area contributed by atoms with E-state index in [-0.39, 0.29) is 18.9 Å². The van der Waals surface area contributed by atoms with E-state index in [0.29, 0.717) is 25.4 Å². The molecule has 0 unspecified atom stereocenters. The van der Waals surface area contributed by atoms with E-state index in [0.717, 1.165) is 16.9 Å². The lowest BCUT2D eigenvalue weighted by Gasteiger charge is -2.31. The predicted octanol–water partition coefficient (Wildman–Crippen LogP) is 2.29. The van der Waals surface area contributed by atoms with E-state index in [2.05, 4.69) is 6.58 Å². The average molecular weight is 318 g/mol. The summed E-state index contributed by atoms with van der Waals surface area (Å²) in [6.07, 6.45) is 0.0390. The molecule has 1 heterocycles. The first kappa shape index (κ1) is 16.9. The first-order valence-electron chi connectivity index (χ1n) is 7.60. The molecule has 1 aliphatic heterocycles. The maximum atomic E-state index is 12.0. The molecule has 1 aliphatic rings. The lowest BCUT2D eigenvalue weighted by atomic mass is 10.1. The fraction of sp³-hybridized carbons (Fsp3) is 0.412. The molecule has 124 valence electrons. The van der Waals surface area contributed by atoms with E-state index < -0.39 is 5.97 Å². The Labute approximate surface area is 136 Å². The summed E-state index contributed by atoms with van der Waals surface area (Å²) in [7, 11) is 0. The Morgan fingerprint density at radius 1 is 1.48 bits per heavy atom. The van der Waals surface area contributed by atoms with Gasteiger partial charge in [-0.15, -0.1) is 0 Å². The third kappa shape index (κ3) is 4.03. The van der Waals surface area contributed by atoms with Crippen molar-refractivity contribution in [3.63, 3.8) is 0 Å². The SMILES string of the molecule is C=C(C)CN(CCC(=O)O)c1ccc2c(c1)N(CC)C(=O)CO2. The molecule has 0 aliphatic carbocycles. The van der Waals surface area contributed by atoms with Gasteiger partial charge in [-0.1, -0.05) is 12.2 Å². The fourth-order valence-corrected chi connectivity index (χ4v) is 2.59. The molecule has 0 fully saturated rings. The molecule has 0 spiro atoms. The number of benzene rings is 1. The molecule has 1 aromatic carbocycles. The van der Waals surface area contributed by atoms with Crippen molar-refractivity contribution >= 4 is 23.3 Å². The minimum atomic E-state index is -0.844. The van der Waals surface area contributed by atoms with Crippen molar-refractivity contribution < 1.29 is 19.4 Å². The smallest absolute Gasteiger partial charge is 0.305 e. The highest BCUT2D eigenvalue weighted by Crippen LogP contribution is 2.35. The molecule has 1 aromatic rings. The summed E-state index contributed by atoms with van der Waals surface area (Å²) < 4.78 is 5.46. The van der Waals surface area contributed by atoms with Crippen molar-refractivity contribution in [3.8, 4) is 5.75 Å². The highest BCUT2D eigenvalue weighted by Gasteiger charge is 2.25. The summed E-state index contributed by atoms with van der Waals surface area (Å²) in [6.45, 7) is 9.27. The van der Waals surface area contributed by atoms with E-state index in [1.165, 1.54) is 0 Å². The Morgan fingerprint density at radius 3 is 2.83 bits per heavy atom. The fourth-order valence-electron chi connectivity index (χ4n) is 2.59. The van der Waals surface area contributed by atoms with Crippen LogP contribution >= 0.6 is 0 Å². The molecule has 0 saturated heterocycles. The number of hydrogen-bond donors (Lipinski definition) is 1. The molecule has 0 saturated carbocycles. The summed E-state index contributed by atoms with van der Waals surface area (Å²) in [5.74, 6) is -0.249. The number of nitrogens with zero attached hydrogens (tertiary/aromatic N) is 2. The van der Waals surface area contributed by atoms with Crippen LogP contribution in [0.2, 0.25) is 0 Å². The summed E-state index contributed by atoms with van der Waals surface area (Å²) in [5.41, 5.74) is 2.51. The Morgan fingerprint density at radius 2 is 2.22 bits per heavy atom. The molecule has 1 N–H and O–H groups in total. The number of rotatable bonds is 7. The summed E-state index contributed by atoms with van der Waals surface area (Å²) >= 11 is 0. The molecule has 0 atom stereocenters. The highest BCUT2D eigenvalue weighted by atomic mass is 16.5. The molecule has 0 bridgehead atoms. The minimum absolute atomic E-state index is 0.0390. The first-order chi connectivity index (χ1) is 10.9. The topological polar surface area (TPSA) is 70.1 Å². The van der Waals surface area contributed by atoms with E-state index >= 15 is 0 Å². The van der Waals surface area contributed by atoms with Gasteiger partial charge in [-0.3, -0.25) is 9.59 Å². The monoisotopic (exact) mass is 318 g/mol. The van der Waals surface area contributed by atoms with Crippen molar-refractivity contribution in [1.82, 2.24) is 0 Å². The maximum absolute atomic E-state index is 12.0. The van der Waals surface area contributed by atoms with Gasteiger partial charge in [0, 0.05) is 25.3 Å².